The van der Waals surface area contributed by atoms with Crippen molar-refractivity contribution in [2.24, 2.45) is 5.73 Å². The van der Waals surface area contributed by atoms with E-state index in [1.165, 1.54) is 6.07 Å². The minimum atomic E-state index is -0.679. The molecule has 0 bridgehead atoms. The van der Waals surface area contributed by atoms with Gasteiger partial charge in [-0.15, -0.1) is 0 Å². The maximum Gasteiger partial charge on any atom is 0.269 e. The second kappa shape index (κ2) is 8.05. The molecule has 3 heterocycles. The Morgan fingerprint density at radius 2 is 1.83 bits per heavy atom. The lowest BCUT2D eigenvalue weighted by Crippen LogP contribution is -2.16. The molecule has 36 heavy (non-hydrogen) atoms. The Bertz CT molecular complexity index is 1580. The highest BCUT2D eigenvalue weighted by atomic mass is 16.7. The summed E-state index contributed by atoms with van der Waals surface area (Å²) < 4.78 is 18.4. The first-order chi connectivity index (χ1) is 17.4. The van der Waals surface area contributed by atoms with Crippen molar-refractivity contribution in [1.82, 2.24) is 9.78 Å². The summed E-state index contributed by atoms with van der Waals surface area (Å²) >= 11 is 0. The van der Waals surface area contributed by atoms with Crippen molar-refractivity contribution in [2.45, 2.75) is 13.5 Å². The third-order valence-corrected chi connectivity index (χ3v) is 6.23. The molecule has 0 unspecified atom stereocenters. The molecule has 4 N–H and O–H groups in total. The summed E-state index contributed by atoms with van der Waals surface area (Å²) in [5.74, 6) is 0.728. The molecule has 0 atom stereocenters. The Hall–Kier alpha value is -4.99. The Kier molecular flexibility index (Phi) is 4.82. The van der Waals surface area contributed by atoms with Crippen LogP contribution in [-0.4, -0.2) is 33.5 Å². The number of phenols is 1. The van der Waals surface area contributed by atoms with E-state index in [9.17, 15) is 14.7 Å². The normalized spacial score (nSPS) is 12.9. The molecular formula is C26H20N4O6. The van der Waals surface area contributed by atoms with E-state index >= 15 is 0 Å². The molecule has 180 valence electrons. The van der Waals surface area contributed by atoms with Gasteiger partial charge in [-0.2, -0.15) is 5.10 Å². The number of nitrogens with zero attached hydrogens (tertiary/aromatic N) is 2. The van der Waals surface area contributed by atoms with Gasteiger partial charge in [0, 0.05) is 34.0 Å². The SMILES string of the molecule is Cc1c(O)cccc1C(=O)Nc1ccc2c(c1)-c1c(c(C(N)=O)nn1-c1ccc3c(c1)OCO3)CO2. The maximum atomic E-state index is 12.9. The molecule has 0 fully saturated rings. The molecule has 2 aliphatic rings. The number of benzene rings is 3. The second-order valence-electron chi connectivity index (χ2n) is 8.39. The van der Waals surface area contributed by atoms with Crippen molar-refractivity contribution < 1.29 is 28.9 Å². The fourth-order valence-electron chi connectivity index (χ4n) is 4.40. The number of aromatic nitrogens is 2. The van der Waals surface area contributed by atoms with E-state index in [0.29, 0.717) is 56.6 Å². The van der Waals surface area contributed by atoms with Crippen LogP contribution in [-0.2, 0) is 6.61 Å². The minimum absolute atomic E-state index is 0.0396. The summed E-state index contributed by atoms with van der Waals surface area (Å²) in [5, 5.41) is 17.3. The standard InChI is InChI=1S/C26H20N4O6/c1-13-16(3-2-4-19(13)31)26(33)28-14-5-7-20-17(9-14)24-18(11-34-20)23(25(27)32)29-30(24)15-6-8-21-22(10-15)36-12-35-21/h2-10,31H,11-12H2,1H3,(H2,27,32)(H,28,33). The number of anilines is 1. The summed E-state index contributed by atoms with van der Waals surface area (Å²) in [7, 11) is 0. The van der Waals surface area contributed by atoms with Crippen LogP contribution in [0.3, 0.4) is 0 Å². The second-order valence-corrected chi connectivity index (χ2v) is 8.39. The Balaban J connectivity index is 1.45. The molecular weight excluding hydrogens is 464 g/mol. The number of nitrogens with two attached hydrogens (primary N) is 1. The number of aromatic hydroxyl groups is 1. The van der Waals surface area contributed by atoms with E-state index in [4.69, 9.17) is 19.9 Å². The van der Waals surface area contributed by atoms with Crippen LogP contribution in [0.15, 0.2) is 54.6 Å². The van der Waals surface area contributed by atoms with Crippen LogP contribution in [0.2, 0.25) is 0 Å². The van der Waals surface area contributed by atoms with Crippen LogP contribution in [0.25, 0.3) is 16.9 Å². The molecule has 10 heteroatoms. The predicted molar refractivity (Wildman–Crippen MR) is 129 cm³/mol. The monoisotopic (exact) mass is 484 g/mol. The highest BCUT2D eigenvalue weighted by molar-refractivity contribution is 6.06. The number of rotatable bonds is 4. The Morgan fingerprint density at radius 1 is 1.03 bits per heavy atom. The molecule has 0 saturated heterocycles. The van der Waals surface area contributed by atoms with Gasteiger partial charge in [0.1, 0.15) is 18.1 Å². The van der Waals surface area contributed by atoms with Crippen molar-refractivity contribution in [2.75, 3.05) is 12.1 Å². The highest BCUT2D eigenvalue weighted by Gasteiger charge is 2.30. The smallest absolute Gasteiger partial charge is 0.269 e. The van der Waals surface area contributed by atoms with Gasteiger partial charge in [0.05, 0.1) is 11.4 Å². The van der Waals surface area contributed by atoms with E-state index in [0.717, 1.165) is 0 Å². The summed E-state index contributed by atoms with van der Waals surface area (Å²) in [6.07, 6.45) is 0. The number of ether oxygens (including phenoxy) is 3. The number of fused-ring (bicyclic) bond motifs is 4. The van der Waals surface area contributed by atoms with E-state index in [2.05, 4.69) is 10.4 Å². The van der Waals surface area contributed by atoms with Crippen LogP contribution in [0.4, 0.5) is 5.69 Å². The van der Waals surface area contributed by atoms with Gasteiger partial charge in [-0.05, 0) is 49.4 Å². The number of amides is 2. The minimum Gasteiger partial charge on any atom is -0.508 e. The summed E-state index contributed by atoms with van der Waals surface area (Å²) in [6, 6.07) is 15.3. The lowest BCUT2D eigenvalue weighted by molar-refractivity contribution is 0.0990. The first-order valence-electron chi connectivity index (χ1n) is 11.1. The topological polar surface area (TPSA) is 138 Å². The van der Waals surface area contributed by atoms with Crippen molar-refractivity contribution >= 4 is 17.5 Å². The summed E-state index contributed by atoms with van der Waals surface area (Å²) in [5.41, 5.74) is 9.48. The number of phenolic OH excluding ortho intramolecular Hbond substituents is 1. The van der Waals surface area contributed by atoms with Crippen LogP contribution in [0, 0.1) is 6.92 Å². The van der Waals surface area contributed by atoms with E-state index in [1.807, 2.05) is 0 Å². The van der Waals surface area contributed by atoms with Gasteiger partial charge < -0.3 is 30.4 Å². The lowest BCUT2D eigenvalue weighted by atomic mass is 10.0. The fraction of sp³-hybridized carbons (Fsp3) is 0.115. The van der Waals surface area contributed by atoms with Crippen LogP contribution in [0.5, 0.6) is 23.0 Å². The van der Waals surface area contributed by atoms with Crippen LogP contribution >= 0.6 is 0 Å². The molecule has 10 nitrogen and oxygen atoms in total. The van der Waals surface area contributed by atoms with Gasteiger partial charge in [0.15, 0.2) is 17.2 Å². The van der Waals surface area contributed by atoms with Crippen molar-refractivity contribution in [3.8, 4) is 39.9 Å². The lowest BCUT2D eigenvalue weighted by Gasteiger charge is -2.21. The zero-order valence-corrected chi connectivity index (χ0v) is 19.1. The van der Waals surface area contributed by atoms with Crippen molar-refractivity contribution in [3.05, 3.63) is 77.0 Å². The predicted octanol–water partition coefficient (Wildman–Crippen LogP) is 3.53. The van der Waals surface area contributed by atoms with Crippen molar-refractivity contribution in [1.29, 1.82) is 0 Å². The molecule has 0 aliphatic carbocycles. The molecule has 0 radical (unpaired) electrons. The number of primary amides is 1. The molecule has 3 aromatic carbocycles. The van der Waals surface area contributed by atoms with Gasteiger partial charge in [-0.25, -0.2) is 4.68 Å². The number of carbonyl (C=O) groups is 2. The van der Waals surface area contributed by atoms with Gasteiger partial charge in [0.25, 0.3) is 11.8 Å². The maximum absolute atomic E-state index is 12.9. The van der Waals surface area contributed by atoms with Crippen LogP contribution in [0.1, 0.15) is 32.0 Å². The summed E-state index contributed by atoms with van der Waals surface area (Å²) in [4.78, 5) is 25.1. The first kappa shape index (κ1) is 21.5. The van der Waals surface area contributed by atoms with E-state index in [-0.39, 0.29) is 30.8 Å². The molecule has 2 amide bonds. The van der Waals surface area contributed by atoms with Gasteiger partial charge >= 0.3 is 0 Å². The Labute approximate surface area is 204 Å². The Morgan fingerprint density at radius 3 is 2.67 bits per heavy atom. The van der Waals surface area contributed by atoms with Crippen LogP contribution < -0.4 is 25.3 Å². The zero-order chi connectivity index (χ0) is 25.0. The van der Waals surface area contributed by atoms with E-state index < -0.39 is 5.91 Å². The molecule has 0 saturated carbocycles. The molecule has 2 aliphatic heterocycles. The highest BCUT2D eigenvalue weighted by Crippen LogP contribution is 2.43. The number of hydrogen-bond acceptors (Lipinski definition) is 7. The molecule has 0 spiro atoms. The molecule has 4 aromatic rings. The van der Waals surface area contributed by atoms with Gasteiger partial charge in [-0.3, -0.25) is 9.59 Å². The largest absolute Gasteiger partial charge is 0.508 e. The molecule has 1 aromatic heterocycles. The van der Waals surface area contributed by atoms with Gasteiger partial charge in [0.2, 0.25) is 6.79 Å². The number of carbonyl (C=O) groups excluding carboxylic acids is 2. The van der Waals surface area contributed by atoms with E-state index in [1.54, 1.807) is 60.1 Å². The summed E-state index contributed by atoms with van der Waals surface area (Å²) in [6.45, 7) is 1.91. The third kappa shape index (κ3) is 3.38. The first-order valence-corrected chi connectivity index (χ1v) is 11.1. The average Bonchev–Trinajstić information content (AvgIpc) is 3.50. The quantitative estimate of drug-likeness (QED) is 0.403. The van der Waals surface area contributed by atoms with Gasteiger partial charge in [-0.1, -0.05) is 6.07 Å². The average molecular weight is 484 g/mol. The number of hydrogen-bond donors (Lipinski definition) is 3. The molecule has 6 rings (SSSR count). The fourth-order valence-corrected chi connectivity index (χ4v) is 4.40. The third-order valence-electron chi connectivity index (χ3n) is 6.23. The number of nitrogens with one attached hydrogen (secondary N) is 1. The zero-order valence-electron chi connectivity index (χ0n) is 19.1. The van der Waals surface area contributed by atoms with Crippen molar-refractivity contribution in [3.63, 3.8) is 0 Å².